The van der Waals surface area contributed by atoms with Gasteiger partial charge in [0, 0.05) is 37.6 Å². The number of aromatic hydroxyl groups is 1. The Hall–Kier alpha value is -4.00. The van der Waals surface area contributed by atoms with Crippen molar-refractivity contribution in [2.45, 2.75) is 26.2 Å². The number of aliphatic hydroxyl groups excluding tert-OH is 2. The first kappa shape index (κ1) is 28.6. The first-order valence-corrected chi connectivity index (χ1v) is 12.3. The number of carbonyl (C=O) groups is 1. The number of aliphatic hydroxyl groups is 2. The number of hydrogen-bond acceptors (Lipinski definition) is 10. The van der Waals surface area contributed by atoms with E-state index in [1.165, 1.54) is 6.07 Å². The fourth-order valence-corrected chi connectivity index (χ4v) is 3.37. The molecule has 38 heavy (non-hydrogen) atoms. The summed E-state index contributed by atoms with van der Waals surface area (Å²) in [5.74, 6) is -0.0173. The lowest BCUT2D eigenvalue weighted by atomic mass is 10.1. The van der Waals surface area contributed by atoms with E-state index in [9.17, 15) is 15.0 Å². The second kappa shape index (κ2) is 15.3. The molecule has 2 heterocycles. The van der Waals surface area contributed by atoms with E-state index in [1.54, 1.807) is 23.1 Å². The number of carbonyl (C=O) groups excluding carboxylic acids is 1. The molecule has 12 heteroatoms. The molecule has 1 atom stereocenters. The molecular weight excluding hydrogens is 492 g/mol. The molecule has 0 fully saturated rings. The van der Waals surface area contributed by atoms with Gasteiger partial charge in [0.05, 0.1) is 32.6 Å². The zero-order valence-electron chi connectivity index (χ0n) is 21.3. The van der Waals surface area contributed by atoms with Crippen molar-refractivity contribution in [3.8, 4) is 5.88 Å². The SMILES string of the molecule is CCNC(=O)OCc1cn(CCN(CCOCC(O)CO)c2ccc(/C=C/c3ccc(O)nc3)cc2)nn1. The highest BCUT2D eigenvalue weighted by atomic mass is 16.5. The number of amides is 1. The number of hydrogen-bond donors (Lipinski definition) is 4. The van der Waals surface area contributed by atoms with Gasteiger partial charge < -0.3 is 35.0 Å². The van der Waals surface area contributed by atoms with Crippen LogP contribution in [-0.2, 0) is 22.6 Å². The van der Waals surface area contributed by atoms with E-state index in [-0.39, 0.29) is 25.7 Å². The second-order valence-electron chi connectivity index (χ2n) is 8.35. The van der Waals surface area contributed by atoms with Crippen molar-refractivity contribution in [1.29, 1.82) is 0 Å². The molecule has 204 valence electrons. The van der Waals surface area contributed by atoms with Crippen LogP contribution in [0.5, 0.6) is 5.88 Å². The molecule has 0 bridgehead atoms. The van der Waals surface area contributed by atoms with Crippen LogP contribution in [0.4, 0.5) is 10.5 Å². The summed E-state index contributed by atoms with van der Waals surface area (Å²) >= 11 is 0. The molecule has 0 aliphatic carbocycles. The van der Waals surface area contributed by atoms with E-state index in [0.29, 0.717) is 38.5 Å². The van der Waals surface area contributed by atoms with Crippen molar-refractivity contribution in [3.05, 3.63) is 65.6 Å². The van der Waals surface area contributed by atoms with E-state index < -0.39 is 12.2 Å². The predicted molar refractivity (Wildman–Crippen MR) is 141 cm³/mol. The maximum absolute atomic E-state index is 11.5. The fraction of sp³-hybridized carbons (Fsp3) is 0.385. The van der Waals surface area contributed by atoms with Crippen molar-refractivity contribution >= 4 is 23.9 Å². The summed E-state index contributed by atoms with van der Waals surface area (Å²) in [5, 5.41) is 38.5. The summed E-state index contributed by atoms with van der Waals surface area (Å²) in [7, 11) is 0. The molecule has 0 aliphatic rings. The van der Waals surface area contributed by atoms with Crippen LogP contribution in [0, 0.1) is 0 Å². The summed E-state index contributed by atoms with van der Waals surface area (Å²) < 4.78 is 12.3. The summed E-state index contributed by atoms with van der Waals surface area (Å²) in [6.45, 7) is 4.06. The third-order valence-corrected chi connectivity index (χ3v) is 5.38. The summed E-state index contributed by atoms with van der Waals surface area (Å²) in [6.07, 6.45) is 5.79. The van der Waals surface area contributed by atoms with Crippen LogP contribution in [0.15, 0.2) is 48.8 Å². The van der Waals surface area contributed by atoms with Gasteiger partial charge in [0.25, 0.3) is 0 Å². The summed E-state index contributed by atoms with van der Waals surface area (Å²) in [6, 6.07) is 11.3. The predicted octanol–water partition coefficient (Wildman–Crippen LogP) is 1.67. The number of anilines is 1. The smallest absolute Gasteiger partial charge is 0.407 e. The zero-order chi connectivity index (χ0) is 27.2. The standard InChI is InChI=1S/C26H34N6O6/c1-2-27-26(36)38-18-22-16-32(30-29-22)12-11-31(13-14-37-19-24(34)17-33)23-8-5-20(6-9-23)3-4-21-7-10-25(35)28-15-21/h3-10,15-16,24,33-34H,2,11-14,17-19H2,1H3,(H,27,36)(H,28,35)/b4-3+. The van der Waals surface area contributed by atoms with Gasteiger partial charge >= 0.3 is 6.09 Å². The minimum atomic E-state index is -0.909. The van der Waals surface area contributed by atoms with Crippen molar-refractivity contribution in [2.75, 3.05) is 44.4 Å². The molecule has 3 rings (SSSR count). The maximum atomic E-state index is 11.5. The molecule has 0 saturated carbocycles. The third kappa shape index (κ3) is 9.81. The van der Waals surface area contributed by atoms with Crippen molar-refractivity contribution < 1.29 is 29.6 Å². The topological polar surface area (TPSA) is 155 Å². The molecule has 3 aromatic rings. The van der Waals surface area contributed by atoms with Crippen molar-refractivity contribution in [2.24, 2.45) is 0 Å². The first-order valence-electron chi connectivity index (χ1n) is 12.3. The van der Waals surface area contributed by atoms with Gasteiger partial charge in [-0.3, -0.25) is 4.68 Å². The van der Waals surface area contributed by atoms with Gasteiger partial charge in [0.2, 0.25) is 5.88 Å². The minimum Gasteiger partial charge on any atom is -0.493 e. The Morgan fingerprint density at radius 2 is 1.92 bits per heavy atom. The van der Waals surface area contributed by atoms with E-state index in [4.69, 9.17) is 14.6 Å². The average molecular weight is 527 g/mol. The highest BCUT2D eigenvalue weighted by molar-refractivity contribution is 5.70. The molecule has 0 saturated heterocycles. The second-order valence-corrected chi connectivity index (χ2v) is 8.35. The van der Waals surface area contributed by atoms with Crippen molar-refractivity contribution in [1.82, 2.24) is 25.3 Å². The number of pyridine rings is 1. The van der Waals surface area contributed by atoms with Gasteiger partial charge in [-0.05, 0) is 36.2 Å². The molecule has 1 unspecified atom stereocenters. The van der Waals surface area contributed by atoms with E-state index in [1.807, 2.05) is 43.3 Å². The monoisotopic (exact) mass is 526 g/mol. The summed E-state index contributed by atoms with van der Waals surface area (Å²) in [4.78, 5) is 17.5. The van der Waals surface area contributed by atoms with Crippen LogP contribution >= 0.6 is 0 Å². The Morgan fingerprint density at radius 3 is 2.63 bits per heavy atom. The Bertz CT molecular complexity index is 1140. The molecule has 12 nitrogen and oxygen atoms in total. The fourth-order valence-electron chi connectivity index (χ4n) is 3.37. The quantitative estimate of drug-likeness (QED) is 0.215. The molecule has 4 N–H and O–H groups in total. The molecule has 1 aromatic carbocycles. The molecule has 1 amide bonds. The van der Waals surface area contributed by atoms with Gasteiger partial charge in [-0.1, -0.05) is 29.5 Å². The molecular formula is C26H34N6O6. The van der Waals surface area contributed by atoms with Gasteiger partial charge in [0.1, 0.15) is 18.4 Å². The largest absolute Gasteiger partial charge is 0.493 e. The number of benzene rings is 1. The molecule has 2 aromatic heterocycles. The van der Waals surface area contributed by atoms with E-state index >= 15 is 0 Å². The summed E-state index contributed by atoms with van der Waals surface area (Å²) in [5.41, 5.74) is 3.39. The normalized spacial score (nSPS) is 12.0. The van der Waals surface area contributed by atoms with Crippen LogP contribution in [-0.4, -0.2) is 86.9 Å². The van der Waals surface area contributed by atoms with Crippen LogP contribution in [0.25, 0.3) is 12.2 Å². The Kier molecular flexibility index (Phi) is 11.5. The van der Waals surface area contributed by atoms with Gasteiger partial charge in [-0.15, -0.1) is 5.10 Å². The highest BCUT2D eigenvalue weighted by Gasteiger charge is 2.10. The number of alkyl carbamates (subject to hydrolysis) is 1. The van der Waals surface area contributed by atoms with Gasteiger partial charge in [-0.2, -0.15) is 0 Å². The molecule has 0 radical (unpaired) electrons. The number of nitrogens with one attached hydrogen (secondary N) is 1. The van der Waals surface area contributed by atoms with Crippen LogP contribution in [0.1, 0.15) is 23.7 Å². The Morgan fingerprint density at radius 1 is 1.16 bits per heavy atom. The molecule has 0 aliphatic heterocycles. The van der Waals surface area contributed by atoms with E-state index in [2.05, 4.69) is 25.5 Å². The zero-order valence-corrected chi connectivity index (χ0v) is 21.3. The van der Waals surface area contributed by atoms with Crippen LogP contribution in [0.3, 0.4) is 0 Å². The van der Waals surface area contributed by atoms with Gasteiger partial charge in [0.15, 0.2) is 0 Å². The minimum absolute atomic E-state index is 0.0173. The van der Waals surface area contributed by atoms with Gasteiger partial charge in [-0.25, -0.2) is 9.78 Å². The van der Waals surface area contributed by atoms with Crippen LogP contribution < -0.4 is 10.2 Å². The average Bonchev–Trinajstić information content (AvgIpc) is 3.39. The first-order chi connectivity index (χ1) is 18.5. The highest BCUT2D eigenvalue weighted by Crippen LogP contribution is 2.17. The maximum Gasteiger partial charge on any atom is 0.407 e. The number of rotatable bonds is 15. The van der Waals surface area contributed by atoms with Crippen molar-refractivity contribution in [3.63, 3.8) is 0 Å². The Balaban J connectivity index is 1.60. The lowest BCUT2D eigenvalue weighted by Crippen LogP contribution is -2.32. The van der Waals surface area contributed by atoms with Crippen LogP contribution in [0.2, 0.25) is 0 Å². The lowest BCUT2D eigenvalue weighted by Gasteiger charge is -2.25. The Labute approximate surface area is 221 Å². The molecule has 0 spiro atoms. The number of nitrogens with zero attached hydrogens (tertiary/aromatic N) is 5. The third-order valence-electron chi connectivity index (χ3n) is 5.38. The number of aromatic nitrogens is 4. The van der Waals surface area contributed by atoms with E-state index in [0.717, 1.165) is 16.8 Å². The number of ether oxygens (including phenoxy) is 2. The lowest BCUT2D eigenvalue weighted by molar-refractivity contribution is 0.00838.